The summed E-state index contributed by atoms with van der Waals surface area (Å²) in [5.41, 5.74) is 6.35. The summed E-state index contributed by atoms with van der Waals surface area (Å²) in [6.07, 6.45) is 5.49. The number of hydrogen-bond acceptors (Lipinski definition) is 2. The Kier molecular flexibility index (Phi) is 2.00. The van der Waals surface area contributed by atoms with E-state index < -0.39 is 0 Å². The van der Waals surface area contributed by atoms with E-state index in [1.54, 1.807) is 12.4 Å². The van der Waals surface area contributed by atoms with Gasteiger partial charge in [0.2, 0.25) is 0 Å². The van der Waals surface area contributed by atoms with Gasteiger partial charge in [-0.2, -0.15) is 0 Å². The highest BCUT2D eigenvalue weighted by molar-refractivity contribution is 5.86. The Hall–Kier alpha value is -2.62. The van der Waals surface area contributed by atoms with Crippen molar-refractivity contribution >= 4 is 16.7 Å². The summed E-state index contributed by atoms with van der Waals surface area (Å²) < 4.78 is 2.18. The highest BCUT2D eigenvalue weighted by atomic mass is 14.9. The third kappa shape index (κ3) is 1.46. The van der Waals surface area contributed by atoms with Gasteiger partial charge < -0.3 is 9.38 Å². The maximum Gasteiger partial charge on any atom is 0.156 e. The first-order chi connectivity index (χ1) is 9.33. The Morgan fingerprint density at radius 2 is 2.00 bits per heavy atom. The minimum Gasteiger partial charge on any atom is -0.338 e. The van der Waals surface area contributed by atoms with E-state index in [2.05, 4.69) is 50.7 Å². The Morgan fingerprint density at radius 1 is 1.11 bits per heavy atom. The summed E-state index contributed by atoms with van der Waals surface area (Å²) in [5.74, 6) is 0. The molecule has 4 aromatic rings. The van der Waals surface area contributed by atoms with Gasteiger partial charge >= 0.3 is 0 Å². The monoisotopic (exact) mass is 248 g/mol. The summed E-state index contributed by atoms with van der Waals surface area (Å²) in [7, 11) is 0. The second-order valence-corrected chi connectivity index (χ2v) is 4.63. The number of H-pyrrole nitrogens is 1. The average molecular weight is 248 g/mol. The van der Waals surface area contributed by atoms with Crippen molar-refractivity contribution in [2.24, 2.45) is 0 Å². The van der Waals surface area contributed by atoms with Crippen molar-refractivity contribution in [1.29, 1.82) is 0 Å². The number of hydrogen-bond donors (Lipinski definition) is 1. The molecule has 92 valence electrons. The smallest absolute Gasteiger partial charge is 0.156 e. The molecule has 0 atom stereocenters. The quantitative estimate of drug-likeness (QED) is 0.562. The van der Waals surface area contributed by atoms with Crippen LogP contribution in [0.2, 0.25) is 0 Å². The molecule has 4 nitrogen and oxygen atoms in total. The number of aromatic nitrogens is 4. The zero-order chi connectivity index (χ0) is 12.8. The van der Waals surface area contributed by atoms with Crippen molar-refractivity contribution in [3.63, 3.8) is 0 Å². The molecular weight excluding hydrogens is 236 g/mol. The lowest BCUT2D eigenvalue weighted by molar-refractivity contribution is 1.11. The molecule has 4 heteroatoms. The van der Waals surface area contributed by atoms with Crippen LogP contribution in [0.1, 0.15) is 5.69 Å². The Morgan fingerprint density at radius 3 is 2.89 bits per heavy atom. The van der Waals surface area contributed by atoms with Gasteiger partial charge in [0.05, 0.1) is 11.2 Å². The summed E-state index contributed by atoms with van der Waals surface area (Å²) in [6.45, 7) is 2.11. The summed E-state index contributed by atoms with van der Waals surface area (Å²) >= 11 is 0. The molecule has 0 aromatic carbocycles. The molecule has 4 rings (SSSR count). The fourth-order valence-corrected chi connectivity index (χ4v) is 2.53. The largest absolute Gasteiger partial charge is 0.338 e. The molecule has 0 bridgehead atoms. The molecule has 4 aromatic heterocycles. The molecule has 0 aliphatic carbocycles. The highest BCUT2D eigenvalue weighted by Crippen LogP contribution is 2.28. The van der Waals surface area contributed by atoms with Gasteiger partial charge in [-0.05, 0) is 31.2 Å². The first kappa shape index (κ1) is 10.3. The third-order valence-electron chi connectivity index (χ3n) is 3.42. The van der Waals surface area contributed by atoms with Crippen LogP contribution in [0.3, 0.4) is 0 Å². The maximum atomic E-state index is 4.31. The van der Waals surface area contributed by atoms with E-state index in [1.165, 1.54) is 16.8 Å². The maximum absolute atomic E-state index is 4.31. The Labute approximate surface area is 109 Å². The third-order valence-corrected chi connectivity index (χ3v) is 3.42. The molecule has 0 spiro atoms. The standard InChI is InChI=1S/C15H12N4/c1-10-8-11(14-4-2-3-7-19(10)14)12-9-13-15(18-12)17-6-5-16-13/h2-9H,1H3,(H,17,18). The predicted molar refractivity (Wildman–Crippen MR) is 75.0 cm³/mol. The van der Waals surface area contributed by atoms with Crippen molar-refractivity contribution < 1.29 is 0 Å². The number of nitrogens with one attached hydrogen (secondary N) is 1. The molecule has 0 saturated heterocycles. The Bertz CT molecular complexity index is 852. The van der Waals surface area contributed by atoms with Crippen molar-refractivity contribution in [3.05, 3.63) is 54.6 Å². The topological polar surface area (TPSA) is 46.0 Å². The first-order valence-corrected chi connectivity index (χ1v) is 6.20. The van der Waals surface area contributed by atoms with Gasteiger partial charge in [-0.15, -0.1) is 0 Å². The van der Waals surface area contributed by atoms with Crippen molar-refractivity contribution in [2.45, 2.75) is 6.92 Å². The lowest BCUT2D eigenvalue weighted by Gasteiger charge is -1.97. The van der Waals surface area contributed by atoms with E-state index >= 15 is 0 Å². The van der Waals surface area contributed by atoms with Crippen molar-refractivity contribution in [3.8, 4) is 11.3 Å². The van der Waals surface area contributed by atoms with Crippen molar-refractivity contribution in [2.75, 3.05) is 0 Å². The highest BCUT2D eigenvalue weighted by Gasteiger charge is 2.10. The van der Waals surface area contributed by atoms with E-state index in [0.717, 1.165) is 16.9 Å². The normalized spacial score (nSPS) is 11.4. The van der Waals surface area contributed by atoms with Gasteiger partial charge in [-0.1, -0.05) is 6.07 Å². The van der Waals surface area contributed by atoms with Crippen LogP contribution in [0, 0.1) is 6.92 Å². The van der Waals surface area contributed by atoms with Gasteiger partial charge in [0, 0.05) is 29.8 Å². The molecule has 0 amide bonds. The van der Waals surface area contributed by atoms with E-state index in [1.807, 2.05) is 12.1 Å². The van der Waals surface area contributed by atoms with Crippen LogP contribution < -0.4 is 0 Å². The molecule has 0 radical (unpaired) electrons. The van der Waals surface area contributed by atoms with Crippen LogP contribution in [0.4, 0.5) is 0 Å². The molecule has 0 aliphatic rings. The lowest BCUT2D eigenvalue weighted by atomic mass is 10.2. The van der Waals surface area contributed by atoms with Crippen LogP contribution in [0.5, 0.6) is 0 Å². The van der Waals surface area contributed by atoms with Crippen molar-refractivity contribution in [1.82, 2.24) is 19.4 Å². The molecule has 19 heavy (non-hydrogen) atoms. The van der Waals surface area contributed by atoms with E-state index in [0.29, 0.717) is 0 Å². The zero-order valence-electron chi connectivity index (χ0n) is 10.5. The molecular formula is C15H12N4. The number of aryl methyl sites for hydroxylation is 1. The summed E-state index contributed by atoms with van der Waals surface area (Å²) in [5, 5.41) is 0. The second-order valence-electron chi connectivity index (χ2n) is 4.63. The SMILES string of the molecule is Cc1cc(-c2cc3nccnc3[nH]2)c2ccccn12. The summed E-state index contributed by atoms with van der Waals surface area (Å²) in [4.78, 5) is 11.9. The molecule has 0 fully saturated rings. The minimum absolute atomic E-state index is 0.824. The summed E-state index contributed by atoms with van der Waals surface area (Å²) in [6, 6.07) is 10.4. The molecule has 4 heterocycles. The fraction of sp³-hybridized carbons (Fsp3) is 0.0667. The molecule has 1 N–H and O–H groups in total. The van der Waals surface area contributed by atoms with Crippen LogP contribution in [0.25, 0.3) is 27.9 Å². The van der Waals surface area contributed by atoms with Gasteiger partial charge in [0.15, 0.2) is 5.65 Å². The van der Waals surface area contributed by atoms with Gasteiger partial charge in [-0.3, -0.25) is 4.98 Å². The molecule has 0 aliphatic heterocycles. The average Bonchev–Trinajstić information content (AvgIpc) is 3.01. The van der Waals surface area contributed by atoms with Crippen LogP contribution in [-0.4, -0.2) is 19.4 Å². The van der Waals surface area contributed by atoms with Crippen LogP contribution in [0.15, 0.2) is 48.9 Å². The number of fused-ring (bicyclic) bond motifs is 2. The van der Waals surface area contributed by atoms with Crippen LogP contribution in [-0.2, 0) is 0 Å². The molecule has 0 saturated carbocycles. The lowest BCUT2D eigenvalue weighted by Crippen LogP contribution is -1.84. The Balaban J connectivity index is 2.04. The van der Waals surface area contributed by atoms with Gasteiger partial charge in [0.25, 0.3) is 0 Å². The number of aromatic amines is 1. The second kappa shape index (κ2) is 3.68. The van der Waals surface area contributed by atoms with E-state index in [4.69, 9.17) is 0 Å². The molecule has 0 unspecified atom stereocenters. The zero-order valence-corrected chi connectivity index (χ0v) is 10.5. The number of nitrogens with zero attached hydrogens (tertiary/aromatic N) is 3. The first-order valence-electron chi connectivity index (χ1n) is 6.20. The predicted octanol–water partition coefficient (Wildman–Crippen LogP) is 3.19. The van der Waals surface area contributed by atoms with Gasteiger partial charge in [0.1, 0.15) is 5.52 Å². The fourth-order valence-electron chi connectivity index (χ4n) is 2.53. The van der Waals surface area contributed by atoms with E-state index in [-0.39, 0.29) is 0 Å². The van der Waals surface area contributed by atoms with E-state index in [9.17, 15) is 0 Å². The van der Waals surface area contributed by atoms with Gasteiger partial charge in [-0.25, -0.2) is 4.98 Å². The number of rotatable bonds is 1. The minimum atomic E-state index is 0.824. The van der Waals surface area contributed by atoms with Crippen LogP contribution >= 0.6 is 0 Å². The number of pyridine rings is 1.